The first-order valence-corrected chi connectivity index (χ1v) is 18.7. The standard InChI is InChI=1S/C33H60N4O19/c1-15(41)16(6-4-5-9-34)36-37-21(43)8-3-2-7-20(42)35-10-11-51-33-30(56-32-27(49)25(47)23(45)18(13-39)53-32)28(50)29(19(14-40)54-33)55-31-26(48)24(46)22(44)17(12-38)52-31/h16-19,22-33,36,38-40,44-50H,2-14,34H2,1H3,(H,35,42)(H,37,43)/t16-,17+,18+,19+,22+,23+,24-,25-,26-,27-,28-,29+,30-,31+,32+,33-/m0/s1. The SMILES string of the molecule is CC(=O)[C@H](CCCCN)NNC(=O)CCCCC(=O)NCCO[C@H]1O[C@H](CO)[C@@H](O[C@H]2O[C@H](CO)[C@@H](O)[C@H](O)[C@@H]2O)[C@H](O)[C@@H]1O[C@H]1O[C@H](CO)[C@@H](O)[C@H](O)[C@@H]1O. The molecule has 23 heteroatoms. The molecule has 0 radical (unpaired) electrons. The van der Waals surface area contributed by atoms with Gasteiger partial charge in [0.2, 0.25) is 11.8 Å². The van der Waals surface area contributed by atoms with Gasteiger partial charge in [0.15, 0.2) is 18.9 Å². The molecule has 0 aromatic carbocycles. The third-order valence-corrected chi connectivity index (χ3v) is 9.66. The van der Waals surface area contributed by atoms with Gasteiger partial charge in [0, 0.05) is 19.4 Å². The molecule has 16 atom stereocenters. The molecule has 3 aliphatic heterocycles. The molecular formula is C33H60N4O19. The van der Waals surface area contributed by atoms with Gasteiger partial charge >= 0.3 is 0 Å². The average Bonchev–Trinajstić information content (AvgIpc) is 3.18. The number of rotatable bonds is 23. The van der Waals surface area contributed by atoms with Crippen molar-refractivity contribution in [2.45, 2.75) is 150 Å². The topological polar surface area (TPSA) is 371 Å². The number of hydrogen-bond acceptors (Lipinski definition) is 21. The predicted molar refractivity (Wildman–Crippen MR) is 185 cm³/mol. The number of Topliss-reactive ketones (excluding diaryl/α,β-unsaturated/α-hetero) is 1. The maximum absolute atomic E-state index is 12.5. The van der Waals surface area contributed by atoms with Gasteiger partial charge in [-0.05, 0) is 39.2 Å². The number of ketones is 1. The van der Waals surface area contributed by atoms with Crippen LogP contribution < -0.4 is 21.9 Å². The van der Waals surface area contributed by atoms with Crippen LogP contribution in [0, 0.1) is 0 Å². The minimum atomic E-state index is -1.92. The quantitative estimate of drug-likeness (QED) is 0.0336. The molecule has 3 fully saturated rings. The van der Waals surface area contributed by atoms with Gasteiger partial charge < -0.3 is 90.5 Å². The van der Waals surface area contributed by atoms with Crippen molar-refractivity contribution in [2.24, 2.45) is 5.73 Å². The zero-order valence-electron chi connectivity index (χ0n) is 31.2. The third kappa shape index (κ3) is 13.5. The van der Waals surface area contributed by atoms with Gasteiger partial charge in [-0.3, -0.25) is 19.8 Å². The van der Waals surface area contributed by atoms with E-state index in [2.05, 4.69) is 16.2 Å². The van der Waals surface area contributed by atoms with Crippen molar-refractivity contribution >= 4 is 17.6 Å². The summed E-state index contributed by atoms with van der Waals surface area (Å²) in [5, 5.41) is 105. The van der Waals surface area contributed by atoms with Crippen molar-refractivity contribution in [3.63, 3.8) is 0 Å². The number of unbranched alkanes of at least 4 members (excludes halogenated alkanes) is 2. The number of carbonyl (C=O) groups is 3. The smallest absolute Gasteiger partial charge is 0.234 e. The molecule has 3 saturated heterocycles. The van der Waals surface area contributed by atoms with Gasteiger partial charge in [0.05, 0.1) is 32.5 Å². The van der Waals surface area contributed by atoms with E-state index in [9.17, 15) is 65.4 Å². The molecular weight excluding hydrogens is 756 g/mol. The Morgan fingerprint density at radius 3 is 1.68 bits per heavy atom. The van der Waals surface area contributed by atoms with Crippen LogP contribution in [0.1, 0.15) is 51.9 Å². The van der Waals surface area contributed by atoms with Crippen LogP contribution in [0.25, 0.3) is 0 Å². The lowest BCUT2D eigenvalue weighted by atomic mass is 9.96. The summed E-state index contributed by atoms with van der Waals surface area (Å²) in [6, 6.07) is -0.531. The predicted octanol–water partition coefficient (Wildman–Crippen LogP) is -7.16. The second kappa shape index (κ2) is 24.1. The minimum Gasteiger partial charge on any atom is -0.394 e. The van der Waals surface area contributed by atoms with Crippen molar-refractivity contribution < 1.29 is 93.9 Å². The van der Waals surface area contributed by atoms with E-state index in [1.165, 1.54) is 6.92 Å². The van der Waals surface area contributed by atoms with E-state index in [4.69, 9.17) is 34.2 Å². The second-order valence-electron chi connectivity index (χ2n) is 13.9. The number of amides is 2. The van der Waals surface area contributed by atoms with Crippen LogP contribution in [0.3, 0.4) is 0 Å². The highest BCUT2D eigenvalue weighted by Gasteiger charge is 2.54. The zero-order valence-corrected chi connectivity index (χ0v) is 31.2. The number of ether oxygens (including phenoxy) is 6. The summed E-state index contributed by atoms with van der Waals surface area (Å²) in [5.74, 6) is -0.853. The van der Waals surface area contributed by atoms with E-state index < -0.39 is 118 Å². The van der Waals surface area contributed by atoms with Crippen molar-refractivity contribution in [3.8, 4) is 0 Å². The van der Waals surface area contributed by atoms with Crippen molar-refractivity contribution in [1.82, 2.24) is 16.2 Å². The number of carbonyl (C=O) groups excluding carboxylic acids is 3. The molecule has 0 spiro atoms. The summed E-state index contributed by atoms with van der Waals surface area (Å²) in [6.45, 7) is -0.870. The Morgan fingerprint density at radius 2 is 1.16 bits per heavy atom. The van der Waals surface area contributed by atoms with Gasteiger partial charge in [-0.25, -0.2) is 5.43 Å². The molecule has 326 valence electrons. The van der Waals surface area contributed by atoms with Gasteiger partial charge in [-0.15, -0.1) is 0 Å². The highest BCUT2D eigenvalue weighted by atomic mass is 16.8. The van der Waals surface area contributed by atoms with Gasteiger partial charge in [-0.1, -0.05) is 6.42 Å². The average molecular weight is 817 g/mol. The van der Waals surface area contributed by atoms with Crippen molar-refractivity contribution in [1.29, 1.82) is 0 Å². The lowest BCUT2D eigenvalue weighted by Gasteiger charge is -2.48. The summed E-state index contributed by atoms with van der Waals surface area (Å²) in [4.78, 5) is 36.5. The summed E-state index contributed by atoms with van der Waals surface area (Å²) < 4.78 is 33.8. The second-order valence-corrected chi connectivity index (χ2v) is 13.9. The Bertz CT molecular complexity index is 1190. The van der Waals surface area contributed by atoms with Gasteiger partial charge in [0.25, 0.3) is 0 Å². The molecule has 0 saturated carbocycles. The lowest BCUT2D eigenvalue weighted by molar-refractivity contribution is -0.387. The Labute approximate surface area is 322 Å². The molecule has 0 aromatic heterocycles. The van der Waals surface area contributed by atoms with E-state index >= 15 is 0 Å². The first-order chi connectivity index (χ1) is 26.7. The highest BCUT2D eigenvalue weighted by Crippen LogP contribution is 2.33. The fourth-order valence-corrected chi connectivity index (χ4v) is 6.28. The number of nitrogens with two attached hydrogens (primary N) is 1. The fraction of sp³-hybridized carbons (Fsp3) is 0.909. The molecule has 3 heterocycles. The molecule has 3 aliphatic rings. The maximum atomic E-state index is 12.5. The van der Waals surface area contributed by atoms with Gasteiger partial charge in [0.1, 0.15) is 79.0 Å². The lowest BCUT2D eigenvalue weighted by Crippen LogP contribution is -2.67. The van der Waals surface area contributed by atoms with Crippen LogP contribution in [-0.4, -0.2) is 206 Å². The normalized spacial score (nSPS) is 36.8. The Hall–Kier alpha value is -2.11. The highest BCUT2D eigenvalue weighted by molar-refractivity contribution is 5.82. The van der Waals surface area contributed by atoms with E-state index in [0.717, 1.165) is 12.8 Å². The molecule has 3 rings (SSSR count). The van der Waals surface area contributed by atoms with E-state index in [0.29, 0.717) is 25.8 Å². The Balaban J connectivity index is 1.57. The number of aliphatic hydroxyl groups is 10. The summed E-state index contributed by atoms with van der Waals surface area (Å²) in [6.07, 6.45) is -22.8. The Kier molecular flexibility index (Phi) is 20.8. The zero-order chi connectivity index (χ0) is 41.5. The first-order valence-electron chi connectivity index (χ1n) is 18.7. The van der Waals surface area contributed by atoms with Crippen molar-refractivity contribution in [3.05, 3.63) is 0 Å². The molecule has 23 nitrogen and oxygen atoms in total. The number of nitrogens with one attached hydrogen (secondary N) is 3. The molecule has 2 amide bonds. The van der Waals surface area contributed by atoms with E-state index in [-0.39, 0.29) is 43.6 Å². The molecule has 0 bridgehead atoms. The number of hydrogen-bond donors (Lipinski definition) is 14. The third-order valence-electron chi connectivity index (χ3n) is 9.66. The Morgan fingerprint density at radius 1 is 0.643 bits per heavy atom. The largest absolute Gasteiger partial charge is 0.394 e. The maximum Gasteiger partial charge on any atom is 0.234 e. The van der Waals surface area contributed by atoms with Crippen LogP contribution >= 0.6 is 0 Å². The summed E-state index contributed by atoms with van der Waals surface area (Å²) in [7, 11) is 0. The fourth-order valence-electron chi connectivity index (χ4n) is 6.28. The van der Waals surface area contributed by atoms with Crippen LogP contribution in [0.5, 0.6) is 0 Å². The van der Waals surface area contributed by atoms with Crippen LogP contribution in [0.4, 0.5) is 0 Å². The first kappa shape index (κ1) is 48.3. The molecule has 56 heavy (non-hydrogen) atoms. The van der Waals surface area contributed by atoms with Gasteiger partial charge in [-0.2, -0.15) is 0 Å². The molecule has 0 aromatic rings. The van der Waals surface area contributed by atoms with Crippen LogP contribution in [-0.2, 0) is 42.8 Å². The minimum absolute atomic E-state index is 0.0565. The van der Waals surface area contributed by atoms with E-state index in [1.54, 1.807) is 0 Å². The van der Waals surface area contributed by atoms with Crippen molar-refractivity contribution in [2.75, 3.05) is 39.5 Å². The number of hydrazine groups is 1. The molecule has 15 N–H and O–H groups in total. The van der Waals surface area contributed by atoms with Crippen LogP contribution in [0.2, 0.25) is 0 Å². The number of aliphatic hydroxyl groups excluding tert-OH is 10. The molecule has 0 aliphatic carbocycles. The summed E-state index contributed by atoms with van der Waals surface area (Å²) in [5.41, 5.74) is 10.7. The molecule has 0 unspecified atom stereocenters. The van der Waals surface area contributed by atoms with E-state index in [1.807, 2.05) is 0 Å². The van der Waals surface area contributed by atoms with Crippen LogP contribution in [0.15, 0.2) is 0 Å². The summed E-state index contributed by atoms with van der Waals surface area (Å²) >= 11 is 0. The monoisotopic (exact) mass is 816 g/mol.